The molecule has 0 radical (unpaired) electrons. The van der Waals surface area contributed by atoms with Crippen LogP contribution in [-0.4, -0.2) is 6.54 Å². The van der Waals surface area contributed by atoms with Crippen LogP contribution in [0.3, 0.4) is 0 Å². The molecule has 3 heteroatoms. The van der Waals surface area contributed by atoms with Crippen LogP contribution in [-0.2, 0) is 0 Å². The first-order valence-electron chi connectivity index (χ1n) is 5.66. The van der Waals surface area contributed by atoms with Crippen molar-refractivity contribution in [2.75, 3.05) is 6.54 Å². The Hall–Kier alpha value is 0.140. The lowest BCUT2D eigenvalue weighted by Crippen LogP contribution is -2.21. The predicted molar refractivity (Wildman–Crippen MR) is 72.5 cm³/mol. The van der Waals surface area contributed by atoms with E-state index in [9.17, 15) is 0 Å². The van der Waals surface area contributed by atoms with Gasteiger partial charge in [0.2, 0.25) is 0 Å². The van der Waals surface area contributed by atoms with Crippen molar-refractivity contribution in [3.8, 4) is 0 Å². The second-order valence-corrected chi connectivity index (χ2v) is 6.50. The quantitative estimate of drug-likeness (QED) is 0.807. The summed E-state index contributed by atoms with van der Waals surface area (Å²) in [6.45, 7) is 7.80. The van der Waals surface area contributed by atoms with Crippen molar-refractivity contribution in [2.45, 2.75) is 39.7 Å². The van der Waals surface area contributed by atoms with E-state index in [-0.39, 0.29) is 0 Å². The minimum Gasteiger partial charge on any atom is -0.310 e. The van der Waals surface area contributed by atoms with Crippen LogP contribution in [0.25, 0.3) is 0 Å². The second kappa shape index (κ2) is 6.66. The molecule has 1 N–H and O–H groups in total. The van der Waals surface area contributed by atoms with Crippen molar-refractivity contribution in [3.63, 3.8) is 0 Å². The zero-order valence-corrected chi connectivity index (χ0v) is 12.1. The molecule has 0 aliphatic rings. The summed E-state index contributed by atoms with van der Waals surface area (Å²) in [6.07, 6.45) is 2.49. The van der Waals surface area contributed by atoms with Gasteiger partial charge in [-0.3, -0.25) is 0 Å². The Morgan fingerprint density at radius 3 is 2.60 bits per heavy atom. The summed E-state index contributed by atoms with van der Waals surface area (Å²) >= 11 is 5.37. The highest BCUT2D eigenvalue weighted by molar-refractivity contribution is 9.11. The molecule has 1 aromatic heterocycles. The topological polar surface area (TPSA) is 12.0 Å². The average molecular weight is 290 g/mol. The smallest absolute Gasteiger partial charge is 0.0701 e. The van der Waals surface area contributed by atoms with Gasteiger partial charge >= 0.3 is 0 Å². The molecular weight excluding hydrogens is 270 g/mol. The van der Waals surface area contributed by atoms with Crippen LogP contribution in [0.15, 0.2) is 15.9 Å². The van der Waals surface area contributed by atoms with Crippen molar-refractivity contribution < 1.29 is 0 Å². The van der Waals surface area contributed by atoms with Gasteiger partial charge in [-0.2, -0.15) is 0 Å². The van der Waals surface area contributed by atoms with Crippen LogP contribution >= 0.6 is 27.3 Å². The van der Waals surface area contributed by atoms with E-state index >= 15 is 0 Å². The molecule has 0 saturated carbocycles. The molecule has 1 rings (SSSR count). The van der Waals surface area contributed by atoms with Crippen LogP contribution in [0, 0.1) is 5.92 Å². The van der Waals surface area contributed by atoms with Gasteiger partial charge in [0, 0.05) is 10.9 Å². The molecule has 86 valence electrons. The molecule has 1 heterocycles. The Kier molecular flexibility index (Phi) is 5.87. The Morgan fingerprint density at radius 1 is 1.40 bits per heavy atom. The van der Waals surface area contributed by atoms with Crippen molar-refractivity contribution in [1.29, 1.82) is 0 Å². The first-order valence-corrected chi connectivity index (χ1v) is 7.26. The summed E-state index contributed by atoms with van der Waals surface area (Å²) < 4.78 is 1.23. The summed E-state index contributed by atoms with van der Waals surface area (Å²) in [4.78, 5) is 1.45. The highest BCUT2D eigenvalue weighted by Crippen LogP contribution is 2.31. The van der Waals surface area contributed by atoms with Gasteiger partial charge in [-0.05, 0) is 46.9 Å². The third-order valence-corrected chi connectivity index (χ3v) is 4.46. The molecule has 1 nitrogen and oxygen atoms in total. The monoisotopic (exact) mass is 289 g/mol. The maximum absolute atomic E-state index is 3.57. The third kappa shape index (κ3) is 4.25. The van der Waals surface area contributed by atoms with Crippen LogP contribution in [0.1, 0.15) is 44.5 Å². The van der Waals surface area contributed by atoms with E-state index in [1.807, 2.05) is 11.3 Å². The SMILES string of the molecule is CCNC(CC(C)CC)c1ccc(Br)s1. The van der Waals surface area contributed by atoms with Gasteiger partial charge in [0.05, 0.1) is 3.79 Å². The minimum absolute atomic E-state index is 0.529. The lowest BCUT2D eigenvalue weighted by Gasteiger charge is -2.19. The van der Waals surface area contributed by atoms with E-state index in [2.05, 4.69) is 54.2 Å². The van der Waals surface area contributed by atoms with Gasteiger partial charge in [0.25, 0.3) is 0 Å². The molecule has 2 unspecified atom stereocenters. The van der Waals surface area contributed by atoms with E-state index in [4.69, 9.17) is 0 Å². The standard InChI is InChI=1S/C12H20BrNS/c1-4-9(3)8-10(14-5-2)11-6-7-12(13)15-11/h6-7,9-10,14H,4-5,8H2,1-3H3. The predicted octanol–water partition coefficient (Wildman–Crippen LogP) is 4.60. The fourth-order valence-corrected chi connectivity index (χ4v) is 3.14. The van der Waals surface area contributed by atoms with E-state index < -0.39 is 0 Å². The molecule has 0 spiro atoms. The normalized spacial score (nSPS) is 15.2. The van der Waals surface area contributed by atoms with Crippen molar-refractivity contribution in [1.82, 2.24) is 5.32 Å². The number of hydrogen-bond donors (Lipinski definition) is 1. The Labute approximate surface area is 105 Å². The molecule has 0 aliphatic carbocycles. The van der Waals surface area contributed by atoms with Crippen LogP contribution < -0.4 is 5.32 Å². The molecule has 15 heavy (non-hydrogen) atoms. The molecule has 0 aliphatic heterocycles. The second-order valence-electron chi connectivity index (χ2n) is 4.00. The zero-order valence-electron chi connectivity index (χ0n) is 9.72. The summed E-state index contributed by atoms with van der Waals surface area (Å²) in [6, 6.07) is 4.90. The molecule has 0 saturated heterocycles. The summed E-state index contributed by atoms with van der Waals surface area (Å²) in [5.41, 5.74) is 0. The van der Waals surface area contributed by atoms with Crippen LogP contribution in [0.2, 0.25) is 0 Å². The van der Waals surface area contributed by atoms with Crippen molar-refractivity contribution >= 4 is 27.3 Å². The lowest BCUT2D eigenvalue weighted by atomic mass is 9.98. The van der Waals surface area contributed by atoms with Gasteiger partial charge in [0.15, 0.2) is 0 Å². The maximum Gasteiger partial charge on any atom is 0.0701 e. The summed E-state index contributed by atoms with van der Waals surface area (Å²) in [7, 11) is 0. The largest absolute Gasteiger partial charge is 0.310 e. The van der Waals surface area contributed by atoms with Crippen molar-refractivity contribution in [3.05, 3.63) is 20.8 Å². The fraction of sp³-hybridized carbons (Fsp3) is 0.667. The Bertz CT molecular complexity index is 285. The van der Waals surface area contributed by atoms with Gasteiger partial charge in [-0.1, -0.05) is 27.2 Å². The number of rotatable bonds is 6. The van der Waals surface area contributed by atoms with Gasteiger partial charge in [-0.15, -0.1) is 11.3 Å². The Morgan fingerprint density at radius 2 is 2.13 bits per heavy atom. The Balaban J connectivity index is 2.65. The minimum atomic E-state index is 0.529. The fourth-order valence-electron chi connectivity index (χ4n) is 1.63. The number of hydrogen-bond acceptors (Lipinski definition) is 2. The van der Waals surface area contributed by atoms with E-state index in [1.54, 1.807) is 0 Å². The van der Waals surface area contributed by atoms with Gasteiger partial charge < -0.3 is 5.32 Å². The molecular formula is C12H20BrNS. The molecule has 0 aromatic carbocycles. The number of nitrogens with one attached hydrogen (secondary N) is 1. The van der Waals surface area contributed by atoms with Gasteiger partial charge in [0.1, 0.15) is 0 Å². The van der Waals surface area contributed by atoms with E-state index in [0.29, 0.717) is 6.04 Å². The third-order valence-electron chi connectivity index (χ3n) is 2.72. The first kappa shape index (κ1) is 13.2. The molecule has 0 bridgehead atoms. The van der Waals surface area contributed by atoms with Crippen molar-refractivity contribution in [2.24, 2.45) is 5.92 Å². The molecule has 2 atom stereocenters. The van der Waals surface area contributed by atoms with E-state index in [0.717, 1.165) is 12.5 Å². The molecule has 0 fully saturated rings. The highest BCUT2D eigenvalue weighted by Gasteiger charge is 2.15. The van der Waals surface area contributed by atoms with E-state index in [1.165, 1.54) is 21.5 Å². The molecule has 1 aromatic rings. The maximum atomic E-state index is 3.57. The molecule has 0 amide bonds. The lowest BCUT2D eigenvalue weighted by molar-refractivity contribution is 0.412. The first-order chi connectivity index (χ1) is 7.17. The van der Waals surface area contributed by atoms with Gasteiger partial charge in [-0.25, -0.2) is 0 Å². The number of thiophene rings is 1. The number of halogens is 1. The summed E-state index contributed by atoms with van der Waals surface area (Å²) in [5, 5.41) is 3.57. The zero-order chi connectivity index (χ0) is 11.3. The van der Waals surface area contributed by atoms with Crippen LogP contribution in [0.5, 0.6) is 0 Å². The average Bonchev–Trinajstić information content (AvgIpc) is 2.64. The summed E-state index contributed by atoms with van der Waals surface area (Å²) in [5.74, 6) is 0.787. The van der Waals surface area contributed by atoms with Crippen LogP contribution in [0.4, 0.5) is 0 Å². The highest BCUT2D eigenvalue weighted by atomic mass is 79.9.